The van der Waals surface area contributed by atoms with Crippen LogP contribution in [0.1, 0.15) is 24.5 Å². The van der Waals surface area contributed by atoms with Crippen molar-refractivity contribution in [3.05, 3.63) is 59.2 Å². The zero-order valence-corrected chi connectivity index (χ0v) is 17.4. The molecule has 2 aromatic heterocycles. The van der Waals surface area contributed by atoms with Crippen molar-refractivity contribution in [1.82, 2.24) is 10.6 Å². The SMILES string of the molecule is C=CCNC(=NCC(C)(C)c1cccs1)NCCc1ccco1.I. The van der Waals surface area contributed by atoms with E-state index in [0.717, 1.165) is 31.2 Å². The van der Waals surface area contributed by atoms with Gasteiger partial charge in [-0.25, -0.2) is 0 Å². The van der Waals surface area contributed by atoms with E-state index in [1.165, 1.54) is 4.88 Å². The zero-order chi connectivity index (χ0) is 16.5. The molecule has 2 aromatic rings. The van der Waals surface area contributed by atoms with Crippen LogP contribution in [0.25, 0.3) is 0 Å². The van der Waals surface area contributed by atoms with E-state index in [4.69, 9.17) is 9.41 Å². The second-order valence-corrected chi connectivity index (χ2v) is 6.90. The number of rotatable bonds is 8. The molecule has 0 aliphatic carbocycles. The number of aliphatic imine (C=N–C) groups is 1. The molecule has 0 spiro atoms. The molecule has 0 saturated heterocycles. The van der Waals surface area contributed by atoms with Crippen molar-refractivity contribution in [2.24, 2.45) is 4.99 Å². The maximum Gasteiger partial charge on any atom is 0.191 e. The summed E-state index contributed by atoms with van der Waals surface area (Å²) in [7, 11) is 0. The summed E-state index contributed by atoms with van der Waals surface area (Å²) < 4.78 is 5.34. The first-order valence-corrected chi connectivity index (χ1v) is 8.69. The Morgan fingerprint density at radius 3 is 2.79 bits per heavy atom. The van der Waals surface area contributed by atoms with Gasteiger partial charge < -0.3 is 15.1 Å². The molecule has 0 fully saturated rings. The monoisotopic (exact) mass is 459 g/mol. The number of hydrogen-bond acceptors (Lipinski definition) is 3. The molecule has 0 atom stereocenters. The Morgan fingerprint density at radius 2 is 2.17 bits per heavy atom. The van der Waals surface area contributed by atoms with Crippen LogP contribution >= 0.6 is 35.3 Å². The van der Waals surface area contributed by atoms with Crippen LogP contribution in [0, 0.1) is 0 Å². The van der Waals surface area contributed by atoms with Crippen LogP contribution in [0.5, 0.6) is 0 Å². The Morgan fingerprint density at radius 1 is 1.33 bits per heavy atom. The highest BCUT2D eigenvalue weighted by Gasteiger charge is 2.21. The predicted octanol–water partition coefficient (Wildman–Crippen LogP) is 4.20. The van der Waals surface area contributed by atoms with Crippen LogP contribution in [0.2, 0.25) is 0 Å². The van der Waals surface area contributed by atoms with Crippen molar-refractivity contribution >= 4 is 41.3 Å². The Bertz CT molecular complexity index is 606. The van der Waals surface area contributed by atoms with E-state index in [1.807, 2.05) is 18.2 Å². The molecule has 0 radical (unpaired) electrons. The first-order chi connectivity index (χ1) is 11.1. The van der Waals surface area contributed by atoms with Crippen molar-refractivity contribution in [1.29, 1.82) is 0 Å². The minimum atomic E-state index is 0. The van der Waals surface area contributed by atoms with Crippen molar-refractivity contribution in [3.63, 3.8) is 0 Å². The van der Waals surface area contributed by atoms with Crippen molar-refractivity contribution in [2.45, 2.75) is 25.7 Å². The second kappa shape index (κ2) is 10.6. The largest absolute Gasteiger partial charge is 0.469 e. The van der Waals surface area contributed by atoms with Gasteiger partial charge in [0.15, 0.2) is 5.96 Å². The molecule has 4 nitrogen and oxygen atoms in total. The highest BCUT2D eigenvalue weighted by Crippen LogP contribution is 2.27. The van der Waals surface area contributed by atoms with E-state index >= 15 is 0 Å². The smallest absolute Gasteiger partial charge is 0.191 e. The molecule has 2 N–H and O–H groups in total. The molecule has 0 aromatic carbocycles. The highest BCUT2D eigenvalue weighted by atomic mass is 127. The number of hydrogen-bond donors (Lipinski definition) is 2. The predicted molar refractivity (Wildman–Crippen MR) is 114 cm³/mol. The third-order valence-electron chi connectivity index (χ3n) is 3.48. The van der Waals surface area contributed by atoms with E-state index in [1.54, 1.807) is 17.6 Å². The molecular weight excluding hydrogens is 433 g/mol. The average molecular weight is 459 g/mol. The first-order valence-electron chi connectivity index (χ1n) is 7.81. The normalized spacial score (nSPS) is 11.7. The van der Waals surface area contributed by atoms with Gasteiger partial charge in [-0.3, -0.25) is 4.99 Å². The van der Waals surface area contributed by atoms with Crippen LogP contribution < -0.4 is 10.6 Å². The lowest BCUT2D eigenvalue weighted by molar-refractivity contribution is 0.506. The Balaban J connectivity index is 0.00000288. The van der Waals surface area contributed by atoms with Crippen molar-refractivity contribution in [3.8, 4) is 0 Å². The average Bonchev–Trinajstić information content (AvgIpc) is 3.22. The fraction of sp³-hybridized carbons (Fsp3) is 0.389. The number of halogens is 1. The summed E-state index contributed by atoms with van der Waals surface area (Å²) in [6.45, 7) is 10.4. The topological polar surface area (TPSA) is 49.6 Å². The lowest BCUT2D eigenvalue weighted by Gasteiger charge is -2.21. The summed E-state index contributed by atoms with van der Waals surface area (Å²) in [4.78, 5) is 6.08. The summed E-state index contributed by atoms with van der Waals surface area (Å²) >= 11 is 1.78. The molecule has 0 aliphatic rings. The van der Waals surface area contributed by atoms with Gasteiger partial charge in [0, 0.05) is 29.8 Å². The number of nitrogens with zero attached hydrogens (tertiary/aromatic N) is 1. The minimum Gasteiger partial charge on any atom is -0.469 e. The molecule has 0 bridgehead atoms. The van der Waals surface area contributed by atoms with Crippen molar-refractivity contribution < 1.29 is 4.42 Å². The van der Waals surface area contributed by atoms with Gasteiger partial charge in [0.25, 0.3) is 0 Å². The van der Waals surface area contributed by atoms with Gasteiger partial charge in [0.05, 0.1) is 12.8 Å². The zero-order valence-electron chi connectivity index (χ0n) is 14.2. The second-order valence-electron chi connectivity index (χ2n) is 5.95. The fourth-order valence-corrected chi connectivity index (χ4v) is 2.96. The third-order valence-corrected chi connectivity index (χ3v) is 4.71. The van der Waals surface area contributed by atoms with Crippen LogP contribution in [0.3, 0.4) is 0 Å². The van der Waals surface area contributed by atoms with E-state index in [2.05, 4.69) is 48.6 Å². The Hall–Kier alpha value is -1.28. The lowest BCUT2D eigenvalue weighted by Crippen LogP contribution is -2.39. The summed E-state index contributed by atoms with van der Waals surface area (Å²) in [5, 5.41) is 8.72. The summed E-state index contributed by atoms with van der Waals surface area (Å²) in [5.41, 5.74) is 0.0258. The lowest BCUT2D eigenvalue weighted by atomic mass is 9.92. The fourth-order valence-electron chi connectivity index (χ4n) is 2.12. The Labute approximate surface area is 165 Å². The molecule has 0 unspecified atom stereocenters. The van der Waals surface area contributed by atoms with E-state index < -0.39 is 0 Å². The van der Waals surface area contributed by atoms with Crippen LogP contribution in [0.4, 0.5) is 0 Å². The summed E-state index contributed by atoms with van der Waals surface area (Å²) in [5.74, 6) is 1.78. The molecule has 0 saturated carbocycles. The molecule has 0 aliphatic heterocycles. The van der Waals surface area contributed by atoms with Crippen LogP contribution in [-0.4, -0.2) is 25.6 Å². The number of nitrogens with one attached hydrogen (secondary N) is 2. The molecular formula is C18H26IN3OS. The third kappa shape index (κ3) is 6.68. The number of guanidine groups is 1. The Kier molecular flexibility index (Phi) is 9.13. The van der Waals surface area contributed by atoms with E-state index in [9.17, 15) is 0 Å². The highest BCUT2D eigenvalue weighted by molar-refractivity contribution is 14.0. The van der Waals surface area contributed by atoms with Gasteiger partial charge in [0.1, 0.15) is 5.76 Å². The molecule has 132 valence electrons. The maximum absolute atomic E-state index is 5.34. The minimum absolute atomic E-state index is 0. The van der Waals surface area contributed by atoms with Gasteiger partial charge in [-0.05, 0) is 23.6 Å². The van der Waals surface area contributed by atoms with Gasteiger partial charge in [-0.1, -0.05) is 26.0 Å². The number of thiophene rings is 1. The first kappa shape index (κ1) is 20.8. The molecule has 24 heavy (non-hydrogen) atoms. The summed E-state index contributed by atoms with van der Waals surface area (Å²) in [6, 6.07) is 8.14. The van der Waals surface area contributed by atoms with Crippen molar-refractivity contribution in [2.75, 3.05) is 19.6 Å². The van der Waals surface area contributed by atoms with E-state index in [0.29, 0.717) is 6.54 Å². The molecule has 0 amide bonds. The van der Waals surface area contributed by atoms with Crippen LogP contribution in [-0.2, 0) is 11.8 Å². The van der Waals surface area contributed by atoms with Gasteiger partial charge >= 0.3 is 0 Å². The van der Waals surface area contributed by atoms with Crippen LogP contribution in [0.15, 0.2) is 58.0 Å². The van der Waals surface area contributed by atoms with Gasteiger partial charge in [0.2, 0.25) is 0 Å². The molecule has 2 heterocycles. The standard InChI is InChI=1S/C18H25N3OS.HI/c1-4-10-19-17(20-11-9-15-7-5-12-22-15)21-14-18(2,3)16-8-6-13-23-16;/h4-8,12-13H,1,9-11,14H2,2-3H3,(H2,19,20,21);1H. The van der Waals surface area contributed by atoms with Gasteiger partial charge in [-0.15, -0.1) is 41.9 Å². The molecule has 6 heteroatoms. The number of furan rings is 1. The quantitative estimate of drug-likeness (QED) is 0.269. The van der Waals surface area contributed by atoms with Gasteiger partial charge in [-0.2, -0.15) is 0 Å². The summed E-state index contributed by atoms with van der Waals surface area (Å²) in [6.07, 6.45) is 4.36. The molecule has 2 rings (SSSR count). The maximum atomic E-state index is 5.34. The van der Waals surface area contributed by atoms with E-state index in [-0.39, 0.29) is 29.4 Å².